The van der Waals surface area contributed by atoms with Crippen LogP contribution in [0.4, 0.5) is 5.69 Å². The summed E-state index contributed by atoms with van der Waals surface area (Å²) in [5.41, 5.74) is 6.66. The Bertz CT molecular complexity index is 599. The third-order valence-electron chi connectivity index (χ3n) is 2.73. The monoisotopic (exact) mass is 284 g/mol. The van der Waals surface area contributed by atoms with Crippen LogP contribution >= 0.6 is 0 Å². The maximum atomic E-state index is 12.2. The number of carbonyl (C=O) groups excluding carboxylic acids is 2. The number of benzene rings is 2. The molecule has 2 aromatic carbocycles. The lowest BCUT2D eigenvalue weighted by Crippen LogP contribution is -2.35. The highest BCUT2D eigenvalue weighted by Gasteiger charge is 2.23. The zero-order chi connectivity index (χ0) is 15.1. The molecule has 0 aromatic heterocycles. The molecule has 0 radical (unpaired) electrons. The van der Waals surface area contributed by atoms with Gasteiger partial charge in [0.1, 0.15) is 0 Å². The molecule has 5 nitrogen and oxygen atoms in total. The van der Waals surface area contributed by atoms with Crippen molar-refractivity contribution in [3.63, 3.8) is 0 Å². The molecular formula is C16H16N2O3. The van der Waals surface area contributed by atoms with E-state index >= 15 is 0 Å². The fourth-order valence-electron chi connectivity index (χ4n) is 1.79. The van der Waals surface area contributed by atoms with Crippen LogP contribution in [0.2, 0.25) is 0 Å². The Balaban J connectivity index is 2.06. The minimum Gasteiger partial charge on any atom is -0.447 e. The standard InChI is InChI=1S/C16H16N2O3/c1-12(19)21-15(13-8-4-2-5-9-13)16(20)18-17-14-10-6-3-7-11-14/h2-11,15,17H,1H3,(H,18,20)/t15-/m1/s1. The van der Waals surface area contributed by atoms with E-state index < -0.39 is 18.0 Å². The van der Waals surface area contributed by atoms with Gasteiger partial charge in [0.05, 0.1) is 5.69 Å². The number of esters is 1. The summed E-state index contributed by atoms with van der Waals surface area (Å²) < 4.78 is 5.10. The number of hydrogen-bond donors (Lipinski definition) is 2. The Hall–Kier alpha value is -2.82. The molecule has 1 atom stereocenters. The molecule has 108 valence electrons. The van der Waals surface area contributed by atoms with Gasteiger partial charge in [0.2, 0.25) is 6.10 Å². The maximum absolute atomic E-state index is 12.2. The smallest absolute Gasteiger partial charge is 0.303 e. The normalized spacial score (nSPS) is 11.3. The third-order valence-corrected chi connectivity index (χ3v) is 2.73. The van der Waals surface area contributed by atoms with Crippen molar-refractivity contribution in [1.29, 1.82) is 0 Å². The van der Waals surface area contributed by atoms with E-state index in [1.54, 1.807) is 24.3 Å². The summed E-state index contributed by atoms with van der Waals surface area (Å²) in [7, 11) is 0. The minimum atomic E-state index is -0.986. The van der Waals surface area contributed by atoms with Gasteiger partial charge < -0.3 is 4.74 Å². The lowest BCUT2D eigenvalue weighted by molar-refractivity contribution is -0.154. The summed E-state index contributed by atoms with van der Waals surface area (Å²) in [6.07, 6.45) is -0.986. The Kier molecular flexibility index (Phi) is 4.93. The minimum absolute atomic E-state index is 0.444. The first-order chi connectivity index (χ1) is 10.2. The first-order valence-corrected chi connectivity index (χ1v) is 6.50. The number of amides is 1. The molecular weight excluding hydrogens is 268 g/mol. The maximum Gasteiger partial charge on any atom is 0.303 e. The van der Waals surface area contributed by atoms with Gasteiger partial charge in [-0.05, 0) is 12.1 Å². The van der Waals surface area contributed by atoms with Gasteiger partial charge in [-0.2, -0.15) is 0 Å². The van der Waals surface area contributed by atoms with E-state index in [9.17, 15) is 9.59 Å². The Morgan fingerprint density at radius 2 is 1.52 bits per heavy atom. The molecule has 0 bridgehead atoms. The summed E-state index contributed by atoms with van der Waals surface area (Å²) in [5.74, 6) is -0.959. The quantitative estimate of drug-likeness (QED) is 0.653. The molecule has 0 aliphatic carbocycles. The number of para-hydroxylation sites is 1. The number of nitrogens with one attached hydrogen (secondary N) is 2. The number of anilines is 1. The third kappa shape index (κ3) is 4.35. The van der Waals surface area contributed by atoms with Crippen LogP contribution in [-0.2, 0) is 14.3 Å². The highest BCUT2D eigenvalue weighted by Crippen LogP contribution is 2.17. The predicted octanol–water partition coefficient (Wildman–Crippen LogP) is 2.43. The Labute approximate surface area is 122 Å². The van der Waals surface area contributed by atoms with Crippen LogP contribution in [0.25, 0.3) is 0 Å². The van der Waals surface area contributed by atoms with E-state index in [-0.39, 0.29) is 0 Å². The van der Waals surface area contributed by atoms with Gasteiger partial charge in [0.25, 0.3) is 5.91 Å². The number of hydrazine groups is 1. The van der Waals surface area contributed by atoms with Crippen molar-refractivity contribution in [3.8, 4) is 0 Å². The van der Waals surface area contributed by atoms with Gasteiger partial charge in [0.15, 0.2) is 0 Å². The summed E-state index contributed by atoms with van der Waals surface area (Å²) in [4.78, 5) is 23.4. The van der Waals surface area contributed by atoms with E-state index in [2.05, 4.69) is 10.9 Å². The number of hydrogen-bond acceptors (Lipinski definition) is 4. The highest BCUT2D eigenvalue weighted by atomic mass is 16.5. The van der Waals surface area contributed by atoms with E-state index in [0.717, 1.165) is 5.69 Å². The van der Waals surface area contributed by atoms with Crippen LogP contribution in [0.1, 0.15) is 18.6 Å². The van der Waals surface area contributed by atoms with E-state index in [0.29, 0.717) is 5.56 Å². The molecule has 2 rings (SSSR count). The average molecular weight is 284 g/mol. The van der Waals surface area contributed by atoms with Crippen molar-refractivity contribution >= 4 is 17.6 Å². The van der Waals surface area contributed by atoms with Crippen LogP contribution in [0.5, 0.6) is 0 Å². The van der Waals surface area contributed by atoms with Crippen LogP contribution in [-0.4, -0.2) is 11.9 Å². The SMILES string of the molecule is CC(=O)O[C@@H](C(=O)NNc1ccccc1)c1ccccc1. The topological polar surface area (TPSA) is 67.4 Å². The van der Waals surface area contributed by atoms with Crippen molar-refractivity contribution in [2.24, 2.45) is 0 Å². The molecule has 0 spiro atoms. The van der Waals surface area contributed by atoms with Crippen molar-refractivity contribution < 1.29 is 14.3 Å². The number of rotatable bonds is 5. The van der Waals surface area contributed by atoms with Crippen molar-refractivity contribution in [2.45, 2.75) is 13.0 Å². The highest BCUT2D eigenvalue weighted by molar-refractivity contribution is 5.85. The van der Waals surface area contributed by atoms with Crippen LogP contribution in [0.15, 0.2) is 60.7 Å². The largest absolute Gasteiger partial charge is 0.447 e. The van der Waals surface area contributed by atoms with Crippen LogP contribution in [0.3, 0.4) is 0 Å². The van der Waals surface area contributed by atoms with Gasteiger partial charge in [-0.3, -0.25) is 20.4 Å². The zero-order valence-electron chi connectivity index (χ0n) is 11.6. The van der Waals surface area contributed by atoms with Gasteiger partial charge in [-0.1, -0.05) is 48.5 Å². The van der Waals surface area contributed by atoms with Crippen molar-refractivity contribution in [2.75, 3.05) is 5.43 Å². The van der Waals surface area contributed by atoms with Crippen LogP contribution in [0, 0.1) is 0 Å². The molecule has 0 saturated heterocycles. The molecule has 0 fully saturated rings. The number of ether oxygens (including phenoxy) is 1. The molecule has 0 saturated carbocycles. The Morgan fingerprint density at radius 3 is 2.10 bits per heavy atom. The molecule has 1 amide bonds. The lowest BCUT2D eigenvalue weighted by Gasteiger charge is -2.17. The first kappa shape index (κ1) is 14.6. The average Bonchev–Trinajstić information content (AvgIpc) is 2.52. The zero-order valence-corrected chi connectivity index (χ0v) is 11.6. The molecule has 21 heavy (non-hydrogen) atoms. The molecule has 0 aliphatic heterocycles. The summed E-state index contributed by atoms with van der Waals surface area (Å²) in [6.45, 7) is 1.27. The van der Waals surface area contributed by atoms with E-state index in [1.165, 1.54) is 6.92 Å². The Morgan fingerprint density at radius 1 is 0.952 bits per heavy atom. The predicted molar refractivity (Wildman–Crippen MR) is 79.2 cm³/mol. The fourth-order valence-corrected chi connectivity index (χ4v) is 1.79. The molecule has 0 heterocycles. The van der Waals surface area contributed by atoms with E-state index in [4.69, 9.17) is 4.74 Å². The second kappa shape index (κ2) is 7.09. The number of carbonyl (C=O) groups is 2. The fraction of sp³-hybridized carbons (Fsp3) is 0.125. The lowest BCUT2D eigenvalue weighted by atomic mass is 10.1. The second-order valence-corrected chi connectivity index (χ2v) is 4.38. The van der Waals surface area contributed by atoms with Crippen molar-refractivity contribution in [3.05, 3.63) is 66.2 Å². The molecule has 0 aliphatic rings. The van der Waals surface area contributed by atoms with Gasteiger partial charge in [-0.15, -0.1) is 0 Å². The van der Waals surface area contributed by atoms with Crippen LogP contribution < -0.4 is 10.9 Å². The van der Waals surface area contributed by atoms with Crippen molar-refractivity contribution in [1.82, 2.24) is 5.43 Å². The first-order valence-electron chi connectivity index (χ1n) is 6.50. The van der Waals surface area contributed by atoms with Gasteiger partial charge in [0, 0.05) is 12.5 Å². The van der Waals surface area contributed by atoms with Gasteiger partial charge >= 0.3 is 5.97 Å². The molecule has 2 aromatic rings. The second-order valence-electron chi connectivity index (χ2n) is 4.38. The molecule has 5 heteroatoms. The van der Waals surface area contributed by atoms with E-state index in [1.807, 2.05) is 36.4 Å². The summed E-state index contributed by atoms with van der Waals surface area (Å²) in [6, 6.07) is 18.0. The molecule has 2 N–H and O–H groups in total. The summed E-state index contributed by atoms with van der Waals surface area (Å²) >= 11 is 0. The molecule has 0 unspecified atom stereocenters. The summed E-state index contributed by atoms with van der Waals surface area (Å²) in [5, 5.41) is 0. The van der Waals surface area contributed by atoms with Gasteiger partial charge in [-0.25, -0.2) is 0 Å².